The summed E-state index contributed by atoms with van der Waals surface area (Å²) in [4.78, 5) is 28.4. The number of nitrogens with zero attached hydrogens (tertiary/aromatic N) is 6. The van der Waals surface area contributed by atoms with Crippen LogP contribution in [0, 0.1) is 11.6 Å². The number of fused-ring (bicyclic) bond motifs is 3. The van der Waals surface area contributed by atoms with Crippen LogP contribution in [0.3, 0.4) is 0 Å². The second-order valence-electron chi connectivity index (χ2n) is 11.1. The molecule has 1 aromatic heterocycles. The Bertz CT molecular complexity index is 1290. The molecule has 216 valence electrons. The van der Waals surface area contributed by atoms with Crippen molar-refractivity contribution >= 4 is 17.6 Å². The van der Waals surface area contributed by atoms with Crippen molar-refractivity contribution in [1.29, 1.82) is 0 Å². The van der Waals surface area contributed by atoms with Gasteiger partial charge < -0.3 is 24.5 Å². The predicted molar refractivity (Wildman–Crippen MR) is 138 cm³/mol. The molecule has 4 aliphatic heterocycles. The molecule has 9 nitrogen and oxygen atoms in total. The Hall–Kier alpha value is -3.35. The Labute approximate surface area is 229 Å². The first-order valence-electron chi connectivity index (χ1n) is 13.7. The second kappa shape index (κ2) is 10.6. The summed E-state index contributed by atoms with van der Waals surface area (Å²) < 4.78 is 62.9. The van der Waals surface area contributed by atoms with E-state index in [0.29, 0.717) is 37.6 Å². The van der Waals surface area contributed by atoms with Crippen molar-refractivity contribution in [3.8, 4) is 6.01 Å². The molecule has 5 heterocycles. The molecule has 2 aromatic rings. The summed E-state index contributed by atoms with van der Waals surface area (Å²) in [6.45, 7) is 2.43. The fourth-order valence-electron chi connectivity index (χ4n) is 6.74. The van der Waals surface area contributed by atoms with Gasteiger partial charge in [0.05, 0.1) is 35.6 Å². The highest BCUT2D eigenvalue weighted by molar-refractivity contribution is 5.68. The van der Waals surface area contributed by atoms with Gasteiger partial charge in [-0.15, -0.1) is 0 Å². The maximum Gasteiger partial charge on any atom is 0.407 e. The van der Waals surface area contributed by atoms with Gasteiger partial charge in [-0.1, -0.05) is 0 Å². The highest BCUT2D eigenvalue weighted by Crippen LogP contribution is 2.40. The van der Waals surface area contributed by atoms with Gasteiger partial charge in [-0.3, -0.25) is 4.90 Å². The van der Waals surface area contributed by atoms with Gasteiger partial charge in [0.1, 0.15) is 24.1 Å². The number of likely N-dealkylation sites (tertiary alicyclic amines) is 1. The fourth-order valence-corrected chi connectivity index (χ4v) is 6.74. The van der Waals surface area contributed by atoms with Crippen molar-refractivity contribution in [1.82, 2.24) is 19.8 Å². The Balaban J connectivity index is 1.34. The van der Waals surface area contributed by atoms with Crippen molar-refractivity contribution in [2.45, 2.75) is 63.2 Å². The Morgan fingerprint density at radius 2 is 1.80 bits per heavy atom. The number of rotatable bonds is 6. The molecule has 6 rings (SSSR count). The summed E-state index contributed by atoms with van der Waals surface area (Å²) >= 11 is 0. The van der Waals surface area contributed by atoms with E-state index in [0.717, 1.165) is 49.9 Å². The normalized spacial score (nSPS) is 24.6. The van der Waals surface area contributed by atoms with Crippen LogP contribution in [0.4, 0.5) is 33.9 Å². The number of likely N-dealkylation sites (N-methyl/N-ethyl adjacent to an activating group) is 1. The summed E-state index contributed by atoms with van der Waals surface area (Å²) in [5.41, 5.74) is -0.119. The van der Waals surface area contributed by atoms with Gasteiger partial charge in [0, 0.05) is 31.2 Å². The fraction of sp³-hybridized carbons (Fsp3) is 0.593. The number of alkyl halides is 2. The molecule has 0 aliphatic carbocycles. The van der Waals surface area contributed by atoms with E-state index in [4.69, 9.17) is 9.72 Å². The molecule has 1 aromatic carbocycles. The number of amides is 1. The van der Waals surface area contributed by atoms with E-state index in [1.54, 1.807) is 0 Å². The molecule has 1 amide bonds. The van der Waals surface area contributed by atoms with E-state index in [1.165, 1.54) is 9.80 Å². The van der Waals surface area contributed by atoms with Crippen LogP contribution in [-0.4, -0.2) is 88.9 Å². The van der Waals surface area contributed by atoms with Gasteiger partial charge in [-0.05, 0) is 57.8 Å². The van der Waals surface area contributed by atoms with Gasteiger partial charge in [0.25, 0.3) is 6.43 Å². The van der Waals surface area contributed by atoms with Crippen LogP contribution in [0.2, 0.25) is 0 Å². The van der Waals surface area contributed by atoms with Crippen molar-refractivity contribution in [3.63, 3.8) is 0 Å². The monoisotopic (exact) mass is 564 g/mol. The third-order valence-electron chi connectivity index (χ3n) is 8.75. The van der Waals surface area contributed by atoms with Crippen molar-refractivity contribution < 1.29 is 32.2 Å². The first kappa shape index (κ1) is 26.9. The number of carbonyl (C=O) groups is 1. The van der Waals surface area contributed by atoms with Crippen LogP contribution in [0.25, 0.3) is 0 Å². The Morgan fingerprint density at radius 3 is 2.45 bits per heavy atom. The SMILES string of the molecule is CN1CCCC1COc1nc2c(c(N3C[C@H]4CC[C@@H](C3)N4C(=O)O)n1)CCN(c1c(F)ccc(F)c1C(F)F)C2. The lowest BCUT2D eigenvalue weighted by Crippen LogP contribution is -2.56. The molecule has 0 saturated carbocycles. The van der Waals surface area contributed by atoms with Crippen LogP contribution in [0.1, 0.15) is 48.9 Å². The summed E-state index contributed by atoms with van der Waals surface area (Å²) in [5.74, 6) is -1.44. The summed E-state index contributed by atoms with van der Waals surface area (Å²) in [6, 6.07) is 1.61. The minimum Gasteiger partial charge on any atom is -0.465 e. The van der Waals surface area contributed by atoms with Crippen molar-refractivity contribution in [2.24, 2.45) is 0 Å². The lowest BCUT2D eigenvalue weighted by molar-refractivity contribution is 0.114. The number of aromatic nitrogens is 2. The maximum atomic E-state index is 14.9. The third-order valence-corrected chi connectivity index (χ3v) is 8.75. The van der Waals surface area contributed by atoms with E-state index in [-0.39, 0.29) is 37.2 Å². The van der Waals surface area contributed by atoms with Crippen molar-refractivity contribution in [3.05, 3.63) is 40.6 Å². The lowest BCUT2D eigenvalue weighted by atomic mass is 10.0. The zero-order valence-corrected chi connectivity index (χ0v) is 22.2. The average Bonchev–Trinajstić information content (AvgIpc) is 3.46. The highest BCUT2D eigenvalue weighted by atomic mass is 19.3. The number of anilines is 2. The largest absolute Gasteiger partial charge is 0.465 e. The minimum atomic E-state index is -3.18. The molecule has 3 fully saturated rings. The number of piperazine rings is 1. The van der Waals surface area contributed by atoms with Crippen LogP contribution in [-0.2, 0) is 13.0 Å². The van der Waals surface area contributed by atoms with E-state index in [1.807, 2.05) is 7.05 Å². The molecular formula is C27H32F4N6O3. The zero-order chi connectivity index (χ0) is 28.1. The number of hydrogen-bond donors (Lipinski definition) is 1. The molecule has 2 bridgehead atoms. The summed E-state index contributed by atoms with van der Waals surface area (Å²) in [7, 11) is 2.03. The first-order valence-corrected chi connectivity index (χ1v) is 13.7. The summed E-state index contributed by atoms with van der Waals surface area (Å²) in [5, 5.41) is 9.69. The molecule has 4 aliphatic rings. The lowest BCUT2D eigenvalue weighted by Gasteiger charge is -2.41. The average molecular weight is 565 g/mol. The van der Waals surface area contributed by atoms with Crippen LogP contribution < -0.4 is 14.5 Å². The standard InChI is InChI=1S/C27H32F4N6O3/c1-34-9-2-3-17(34)14-40-26-32-21-13-35(23-20(29)7-6-19(28)22(23)24(30)31)10-8-18(21)25(33-26)36-11-15-4-5-16(12-36)37(15)27(38)39/h6-7,15-17,24H,2-5,8-14H2,1H3,(H,38,39)/t15-,16+,17?. The Kier molecular flexibility index (Phi) is 7.09. The molecule has 0 radical (unpaired) electrons. The molecular weight excluding hydrogens is 532 g/mol. The third kappa shape index (κ3) is 4.77. The molecule has 40 heavy (non-hydrogen) atoms. The van der Waals surface area contributed by atoms with E-state index in [9.17, 15) is 27.5 Å². The highest BCUT2D eigenvalue weighted by Gasteiger charge is 2.44. The topological polar surface area (TPSA) is 85.3 Å². The zero-order valence-electron chi connectivity index (χ0n) is 22.2. The van der Waals surface area contributed by atoms with Gasteiger partial charge in [0.2, 0.25) is 0 Å². The van der Waals surface area contributed by atoms with Crippen LogP contribution in [0.5, 0.6) is 6.01 Å². The molecule has 1 N–H and O–H groups in total. The molecule has 3 atom stereocenters. The molecule has 3 saturated heterocycles. The number of hydrogen-bond acceptors (Lipinski definition) is 7. The molecule has 13 heteroatoms. The van der Waals surface area contributed by atoms with E-state index < -0.39 is 35.4 Å². The number of benzene rings is 1. The quantitative estimate of drug-likeness (QED) is 0.526. The Morgan fingerprint density at radius 1 is 1.07 bits per heavy atom. The van der Waals surface area contributed by atoms with Gasteiger partial charge in [-0.25, -0.2) is 22.4 Å². The van der Waals surface area contributed by atoms with Gasteiger partial charge in [0.15, 0.2) is 0 Å². The molecule has 1 unspecified atom stereocenters. The summed E-state index contributed by atoms with van der Waals surface area (Å²) in [6.07, 6.45) is -0.206. The number of halogens is 4. The van der Waals surface area contributed by atoms with Crippen LogP contribution in [0.15, 0.2) is 12.1 Å². The maximum absolute atomic E-state index is 14.9. The van der Waals surface area contributed by atoms with E-state index in [2.05, 4.69) is 14.8 Å². The number of ether oxygens (including phenoxy) is 1. The smallest absolute Gasteiger partial charge is 0.407 e. The molecule has 0 spiro atoms. The van der Waals surface area contributed by atoms with Crippen LogP contribution >= 0.6 is 0 Å². The second-order valence-corrected chi connectivity index (χ2v) is 11.1. The van der Waals surface area contributed by atoms with E-state index >= 15 is 0 Å². The van der Waals surface area contributed by atoms with Gasteiger partial charge in [-0.2, -0.15) is 9.97 Å². The first-order chi connectivity index (χ1) is 19.2. The minimum absolute atomic E-state index is 0.0212. The predicted octanol–water partition coefficient (Wildman–Crippen LogP) is 4.06. The number of carboxylic acid groups (broad SMARTS) is 1. The van der Waals surface area contributed by atoms with Gasteiger partial charge >= 0.3 is 12.1 Å². The van der Waals surface area contributed by atoms with Crippen molar-refractivity contribution in [2.75, 3.05) is 49.6 Å².